The zero-order valence-corrected chi connectivity index (χ0v) is 12.2. The van der Waals surface area contributed by atoms with Crippen LogP contribution in [0.2, 0.25) is 0 Å². The molecule has 1 amide bonds. The lowest BCUT2D eigenvalue weighted by molar-refractivity contribution is -0.131. The molecule has 0 saturated heterocycles. The molecule has 1 heterocycles. The van der Waals surface area contributed by atoms with Crippen molar-refractivity contribution in [3.63, 3.8) is 0 Å². The molecule has 0 aromatic carbocycles. The van der Waals surface area contributed by atoms with E-state index >= 15 is 0 Å². The summed E-state index contributed by atoms with van der Waals surface area (Å²) >= 11 is 0. The van der Waals surface area contributed by atoms with Gasteiger partial charge in [-0.2, -0.15) is 0 Å². The number of carboxylic acids is 1. The molecular formula is C16H20N2O3. The minimum atomic E-state index is -1.03. The van der Waals surface area contributed by atoms with Crippen molar-refractivity contribution < 1.29 is 14.7 Å². The number of amides is 1. The van der Waals surface area contributed by atoms with Crippen molar-refractivity contribution in [1.82, 2.24) is 10.3 Å². The molecule has 1 aromatic heterocycles. The summed E-state index contributed by atoms with van der Waals surface area (Å²) in [5, 5.41) is 11.7. The van der Waals surface area contributed by atoms with Crippen LogP contribution in [0.1, 0.15) is 42.6 Å². The Labute approximate surface area is 124 Å². The molecule has 0 bridgehead atoms. The predicted molar refractivity (Wildman–Crippen MR) is 79.7 cm³/mol. The van der Waals surface area contributed by atoms with Crippen molar-refractivity contribution in [3.05, 3.63) is 35.7 Å². The zero-order valence-electron chi connectivity index (χ0n) is 12.2. The Hall–Kier alpha value is -2.17. The lowest BCUT2D eigenvalue weighted by Crippen LogP contribution is -2.37. The third-order valence-corrected chi connectivity index (χ3v) is 4.22. The highest BCUT2D eigenvalue weighted by atomic mass is 16.4. The summed E-state index contributed by atoms with van der Waals surface area (Å²) in [5.41, 5.74) is 1.05. The van der Waals surface area contributed by atoms with Gasteiger partial charge in [0.15, 0.2) is 0 Å². The first-order chi connectivity index (χ1) is 9.97. The lowest BCUT2D eigenvalue weighted by atomic mass is 9.97. The molecule has 2 N–H and O–H groups in total. The smallest absolute Gasteiger partial charge is 0.328 e. The number of hydrogen-bond donors (Lipinski definition) is 2. The summed E-state index contributed by atoms with van der Waals surface area (Å²) in [4.78, 5) is 26.7. The van der Waals surface area contributed by atoms with Crippen LogP contribution in [0.4, 0.5) is 0 Å². The highest BCUT2D eigenvalue weighted by Gasteiger charge is 2.30. The molecule has 3 atom stereocenters. The van der Waals surface area contributed by atoms with Crippen molar-refractivity contribution >= 4 is 18.0 Å². The van der Waals surface area contributed by atoms with Crippen LogP contribution in [-0.2, 0) is 4.79 Å². The Morgan fingerprint density at radius 3 is 2.71 bits per heavy atom. The normalized spacial score (nSPS) is 25.1. The predicted octanol–water partition coefficient (Wildman–Crippen LogP) is 2.34. The number of aromatic nitrogens is 1. The Morgan fingerprint density at radius 2 is 2.10 bits per heavy atom. The van der Waals surface area contributed by atoms with Gasteiger partial charge in [0.2, 0.25) is 0 Å². The summed E-state index contributed by atoms with van der Waals surface area (Å²) in [5.74, 6) is -0.0899. The van der Waals surface area contributed by atoms with Gasteiger partial charge in [-0.1, -0.05) is 13.8 Å². The van der Waals surface area contributed by atoms with E-state index in [1.54, 1.807) is 6.07 Å². The molecule has 0 aliphatic heterocycles. The van der Waals surface area contributed by atoms with E-state index in [1.807, 2.05) is 0 Å². The average molecular weight is 288 g/mol. The van der Waals surface area contributed by atoms with Crippen molar-refractivity contribution in [2.45, 2.75) is 32.7 Å². The van der Waals surface area contributed by atoms with Crippen LogP contribution in [0.5, 0.6) is 0 Å². The van der Waals surface area contributed by atoms with E-state index in [4.69, 9.17) is 5.11 Å². The van der Waals surface area contributed by atoms with Gasteiger partial charge in [-0.3, -0.25) is 9.78 Å². The second-order valence-electron chi connectivity index (χ2n) is 5.67. The van der Waals surface area contributed by atoms with Crippen LogP contribution >= 0.6 is 0 Å². The van der Waals surface area contributed by atoms with Crippen molar-refractivity contribution in [2.75, 3.05) is 0 Å². The monoisotopic (exact) mass is 288 g/mol. The van der Waals surface area contributed by atoms with Gasteiger partial charge < -0.3 is 10.4 Å². The third-order valence-electron chi connectivity index (χ3n) is 4.22. The van der Waals surface area contributed by atoms with E-state index in [0.29, 0.717) is 23.0 Å². The van der Waals surface area contributed by atoms with E-state index in [-0.39, 0.29) is 11.9 Å². The molecule has 21 heavy (non-hydrogen) atoms. The van der Waals surface area contributed by atoms with Crippen LogP contribution in [0, 0.1) is 11.8 Å². The average Bonchev–Trinajstić information content (AvgIpc) is 2.77. The molecule has 1 aliphatic carbocycles. The molecule has 1 fully saturated rings. The summed E-state index contributed by atoms with van der Waals surface area (Å²) in [7, 11) is 0. The van der Waals surface area contributed by atoms with Crippen LogP contribution in [0.15, 0.2) is 24.5 Å². The maximum atomic E-state index is 12.3. The minimum absolute atomic E-state index is 0.154. The summed E-state index contributed by atoms with van der Waals surface area (Å²) in [6.07, 6.45) is 7.60. The quantitative estimate of drug-likeness (QED) is 0.833. The first kappa shape index (κ1) is 15.2. The van der Waals surface area contributed by atoms with Gasteiger partial charge in [-0.25, -0.2) is 4.79 Å². The van der Waals surface area contributed by atoms with Crippen molar-refractivity contribution in [2.24, 2.45) is 11.8 Å². The molecule has 0 radical (unpaired) electrons. The first-order valence-electron chi connectivity index (χ1n) is 7.14. The molecule has 112 valence electrons. The molecule has 5 heteroatoms. The van der Waals surface area contributed by atoms with E-state index in [1.165, 1.54) is 18.5 Å². The molecule has 5 nitrogen and oxygen atoms in total. The topological polar surface area (TPSA) is 79.3 Å². The molecule has 3 unspecified atom stereocenters. The summed E-state index contributed by atoms with van der Waals surface area (Å²) < 4.78 is 0. The Morgan fingerprint density at radius 1 is 1.33 bits per heavy atom. The number of carbonyl (C=O) groups is 2. The summed E-state index contributed by atoms with van der Waals surface area (Å²) in [6, 6.07) is 1.84. The highest BCUT2D eigenvalue weighted by molar-refractivity contribution is 5.95. The van der Waals surface area contributed by atoms with Gasteiger partial charge in [0.05, 0.1) is 5.56 Å². The number of carboxylic acid groups (broad SMARTS) is 1. The highest BCUT2D eigenvalue weighted by Crippen LogP contribution is 2.31. The van der Waals surface area contributed by atoms with Gasteiger partial charge in [0.1, 0.15) is 0 Å². The molecular weight excluding hydrogens is 268 g/mol. The number of rotatable bonds is 4. The van der Waals surface area contributed by atoms with Gasteiger partial charge >= 0.3 is 5.97 Å². The van der Waals surface area contributed by atoms with E-state index < -0.39 is 5.97 Å². The molecule has 1 aromatic rings. The number of pyridine rings is 1. The Balaban J connectivity index is 2.06. The van der Waals surface area contributed by atoms with E-state index in [2.05, 4.69) is 24.1 Å². The third kappa shape index (κ3) is 3.90. The largest absolute Gasteiger partial charge is 0.478 e. The van der Waals surface area contributed by atoms with E-state index in [0.717, 1.165) is 18.9 Å². The lowest BCUT2D eigenvalue weighted by Gasteiger charge is -2.19. The maximum absolute atomic E-state index is 12.3. The van der Waals surface area contributed by atoms with E-state index in [9.17, 15) is 9.59 Å². The minimum Gasteiger partial charge on any atom is -0.478 e. The van der Waals surface area contributed by atoms with Crippen molar-refractivity contribution in [3.8, 4) is 0 Å². The summed E-state index contributed by atoms with van der Waals surface area (Å²) in [6.45, 7) is 4.36. The second kappa shape index (κ2) is 6.52. The van der Waals surface area contributed by atoms with Crippen LogP contribution in [0.25, 0.3) is 6.08 Å². The standard InChI is InChI=1S/C16H20N2O3/c1-10-3-5-14(11(10)2)18-16(21)13-7-12(8-17-9-13)4-6-15(19)20/h4,6-11,14H,3,5H2,1-2H3,(H,18,21)(H,19,20). The van der Waals surface area contributed by atoms with Crippen LogP contribution in [-0.4, -0.2) is 28.0 Å². The van der Waals surface area contributed by atoms with Crippen molar-refractivity contribution in [1.29, 1.82) is 0 Å². The molecule has 0 spiro atoms. The van der Waals surface area contributed by atoms with Crippen LogP contribution < -0.4 is 5.32 Å². The number of nitrogens with zero attached hydrogens (tertiary/aromatic N) is 1. The molecule has 1 saturated carbocycles. The number of nitrogens with one attached hydrogen (secondary N) is 1. The number of carbonyl (C=O) groups excluding carboxylic acids is 1. The molecule has 2 rings (SSSR count). The Kier molecular flexibility index (Phi) is 4.73. The fourth-order valence-corrected chi connectivity index (χ4v) is 2.66. The van der Waals surface area contributed by atoms with Crippen LogP contribution in [0.3, 0.4) is 0 Å². The first-order valence-corrected chi connectivity index (χ1v) is 7.14. The fourth-order valence-electron chi connectivity index (χ4n) is 2.66. The van der Waals surface area contributed by atoms with Gasteiger partial charge in [-0.05, 0) is 42.4 Å². The van der Waals surface area contributed by atoms with Gasteiger partial charge in [-0.15, -0.1) is 0 Å². The van der Waals surface area contributed by atoms with Gasteiger partial charge in [0.25, 0.3) is 5.91 Å². The second-order valence-corrected chi connectivity index (χ2v) is 5.67. The fraction of sp³-hybridized carbons (Fsp3) is 0.438. The SMILES string of the molecule is CC1CCC(NC(=O)c2cncc(C=CC(=O)O)c2)C1C. The Bertz CT molecular complexity index is 568. The number of aliphatic carboxylic acids is 1. The maximum Gasteiger partial charge on any atom is 0.328 e. The molecule has 1 aliphatic rings. The van der Waals surface area contributed by atoms with Gasteiger partial charge in [0, 0.05) is 24.5 Å². The zero-order chi connectivity index (χ0) is 15.4. The number of hydrogen-bond acceptors (Lipinski definition) is 3.